The van der Waals surface area contributed by atoms with Gasteiger partial charge in [0.05, 0.1) is 17.5 Å². The first-order valence-electron chi connectivity index (χ1n) is 7.77. The molecule has 0 aliphatic heterocycles. The molecule has 128 valence electrons. The number of aromatic nitrogens is 1. The second kappa shape index (κ2) is 8.06. The van der Waals surface area contributed by atoms with E-state index < -0.39 is 9.84 Å². The topological polar surface area (TPSA) is 76.1 Å². The molecular formula is C18H22N2O3S. The van der Waals surface area contributed by atoms with Gasteiger partial charge in [0.25, 0.3) is 0 Å². The van der Waals surface area contributed by atoms with Crippen LogP contribution in [0.1, 0.15) is 29.3 Å². The second-order valence-electron chi connectivity index (χ2n) is 5.94. The van der Waals surface area contributed by atoms with Crippen LogP contribution in [0.25, 0.3) is 0 Å². The van der Waals surface area contributed by atoms with Crippen molar-refractivity contribution >= 4 is 15.7 Å². The maximum absolute atomic E-state index is 12.1. The third kappa shape index (κ3) is 6.12. The number of hydrogen-bond acceptors (Lipinski definition) is 4. The molecule has 1 atom stereocenters. The molecule has 0 spiro atoms. The zero-order valence-electron chi connectivity index (χ0n) is 13.9. The monoisotopic (exact) mass is 346 g/mol. The van der Waals surface area contributed by atoms with Crippen LogP contribution in [-0.4, -0.2) is 31.3 Å². The molecule has 1 N–H and O–H groups in total. The highest BCUT2D eigenvalue weighted by Crippen LogP contribution is 2.17. The van der Waals surface area contributed by atoms with Gasteiger partial charge in [0, 0.05) is 18.9 Å². The molecule has 24 heavy (non-hydrogen) atoms. The Kier molecular flexibility index (Phi) is 6.09. The lowest BCUT2D eigenvalue weighted by Gasteiger charge is -2.18. The Morgan fingerprint density at radius 3 is 2.46 bits per heavy atom. The summed E-state index contributed by atoms with van der Waals surface area (Å²) >= 11 is 0. The van der Waals surface area contributed by atoms with Crippen molar-refractivity contribution in [3.8, 4) is 0 Å². The highest BCUT2D eigenvalue weighted by molar-refractivity contribution is 7.90. The van der Waals surface area contributed by atoms with E-state index in [0.29, 0.717) is 6.42 Å². The van der Waals surface area contributed by atoms with E-state index >= 15 is 0 Å². The van der Waals surface area contributed by atoms with Crippen LogP contribution in [-0.2, 0) is 21.1 Å². The Balaban J connectivity index is 2.11. The molecule has 2 rings (SSSR count). The van der Waals surface area contributed by atoms with Crippen molar-refractivity contribution in [2.24, 2.45) is 0 Å². The second-order valence-corrected chi connectivity index (χ2v) is 8.20. The van der Waals surface area contributed by atoms with Crippen LogP contribution in [0.4, 0.5) is 0 Å². The minimum Gasteiger partial charge on any atom is -0.347 e. The molecule has 0 aliphatic carbocycles. The number of nitrogens with zero attached hydrogens (tertiary/aromatic N) is 1. The van der Waals surface area contributed by atoms with Crippen LogP contribution < -0.4 is 5.32 Å². The SMILES string of the molecule is Cc1ccc(C[C@H](NC(=O)CCS(C)(=O)=O)c2ccccn2)cc1. The molecule has 1 heterocycles. The Bertz CT molecular complexity index is 772. The quantitative estimate of drug-likeness (QED) is 0.834. The lowest BCUT2D eigenvalue weighted by atomic mass is 10.0. The van der Waals surface area contributed by atoms with Gasteiger partial charge in [0.15, 0.2) is 0 Å². The van der Waals surface area contributed by atoms with Crippen molar-refractivity contribution in [3.63, 3.8) is 0 Å². The Labute approximate surface area is 143 Å². The molecule has 0 radical (unpaired) electrons. The van der Waals surface area contributed by atoms with Crippen LogP contribution >= 0.6 is 0 Å². The largest absolute Gasteiger partial charge is 0.347 e. The summed E-state index contributed by atoms with van der Waals surface area (Å²) in [6, 6.07) is 13.3. The van der Waals surface area contributed by atoms with Crippen LogP contribution in [0.2, 0.25) is 0 Å². The standard InChI is InChI=1S/C18H22N2O3S/c1-14-6-8-15(9-7-14)13-17(16-5-3-4-11-19-16)20-18(21)10-12-24(2,22)23/h3-9,11,17H,10,12-13H2,1-2H3,(H,20,21)/t17-/m0/s1. The van der Waals surface area contributed by atoms with Gasteiger partial charge in [-0.1, -0.05) is 35.9 Å². The first-order valence-corrected chi connectivity index (χ1v) is 9.83. The van der Waals surface area contributed by atoms with Gasteiger partial charge in [0.2, 0.25) is 5.91 Å². The van der Waals surface area contributed by atoms with Crippen molar-refractivity contribution in [2.45, 2.75) is 25.8 Å². The van der Waals surface area contributed by atoms with E-state index in [2.05, 4.69) is 10.3 Å². The molecule has 6 heteroatoms. The number of pyridine rings is 1. The normalized spacial score (nSPS) is 12.6. The number of amides is 1. The first-order chi connectivity index (χ1) is 11.3. The molecule has 5 nitrogen and oxygen atoms in total. The van der Waals surface area contributed by atoms with E-state index in [1.807, 2.05) is 49.4 Å². The van der Waals surface area contributed by atoms with Gasteiger partial charge in [0.1, 0.15) is 9.84 Å². The van der Waals surface area contributed by atoms with E-state index in [1.165, 1.54) is 5.56 Å². The summed E-state index contributed by atoms with van der Waals surface area (Å²) in [7, 11) is -3.16. The van der Waals surface area contributed by atoms with Gasteiger partial charge < -0.3 is 5.32 Å². The molecule has 0 fully saturated rings. The van der Waals surface area contributed by atoms with Crippen molar-refractivity contribution in [3.05, 3.63) is 65.5 Å². The molecule has 0 saturated heterocycles. The zero-order chi connectivity index (χ0) is 17.6. The summed E-state index contributed by atoms with van der Waals surface area (Å²) in [6.07, 6.45) is 3.36. The summed E-state index contributed by atoms with van der Waals surface area (Å²) in [5, 5.41) is 2.90. The van der Waals surface area contributed by atoms with E-state index in [0.717, 1.165) is 17.5 Å². The number of nitrogens with one attached hydrogen (secondary N) is 1. The fourth-order valence-corrected chi connectivity index (χ4v) is 2.87. The summed E-state index contributed by atoms with van der Waals surface area (Å²) in [6.45, 7) is 2.02. The molecule has 1 amide bonds. The van der Waals surface area contributed by atoms with Crippen molar-refractivity contribution < 1.29 is 13.2 Å². The van der Waals surface area contributed by atoms with Gasteiger partial charge >= 0.3 is 0 Å². The minimum atomic E-state index is -3.16. The summed E-state index contributed by atoms with van der Waals surface area (Å²) < 4.78 is 22.4. The Morgan fingerprint density at radius 1 is 1.17 bits per heavy atom. The van der Waals surface area contributed by atoms with E-state index in [9.17, 15) is 13.2 Å². The summed E-state index contributed by atoms with van der Waals surface area (Å²) in [5.41, 5.74) is 3.01. The Hall–Kier alpha value is -2.21. The van der Waals surface area contributed by atoms with E-state index in [4.69, 9.17) is 0 Å². The zero-order valence-corrected chi connectivity index (χ0v) is 14.7. The van der Waals surface area contributed by atoms with Crippen LogP contribution in [0.3, 0.4) is 0 Å². The summed E-state index contributed by atoms with van der Waals surface area (Å²) in [5.74, 6) is -0.443. The van der Waals surface area contributed by atoms with E-state index in [-0.39, 0.29) is 24.1 Å². The molecular weight excluding hydrogens is 324 g/mol. The fourth-order valence-electron chi connectivity index (χ4n) is 2.32. The molecule has 0 aliphatic rings. The highest BCUT2D eigenvalue weighted by atomic mass is 32.2. The number of hydrogen-bond donors (Lipinski definition) is 1. The predicted molar refractivity (Wildman–Crippen MR) is 94.3 cm³/mol. The Morgan fingerprint density at radius 2 is 1.88 bits per heavy atom. The molecule has 0 saturated carbocycles. The smallest absolute Gasteiger partial charge is 0.221 e. The van der Waals surface area contributed by atoms with Crippen LogP contribution in [0.5, 0.6) is 0 Å². The van der Waals surface area contributed by atoms with E-state index in [1.54, 1.807) is 6.20 Å². The first kappa shape index (κ1) is 18.1. The third-order valence-electron chi connectivity index (χ3n) is 3.64. The number of aryl methyl sites for hydroxylation is 1. The lowest BCUT2D eigenvalue weighted by molar-refractivity contribution is -0.121. The van der Waals surface area contributed by atoms with Crippen LogP contribution in [0.15, 0.2) is 48.7 Å². The number of sulfone groups is 1. The van der Waals surface area contributed by atoms with Gasteiger partial charge in [-0.3, -0.25) is 9.78 Å². The van der Waals surface area contributed by atoms with Gasteiger partial charge in [-0.2, -0.15) is 0 Å². The van der Waals surface area contributed by atoms with Crippen molar-refractivity contribution in [2.75, 3.05) is 12.0 Å². The van der Waals surface area contributed by atoms with Crippen molar-refractivity contribution in [1.82, 2.24) is 10.3 Å². The minimum absolute atomic E-state index is 0.0456. The number of carbonyl (C=O) groups excluding carboxylic acids is 1. The van der Waals surface area contributed by atoms with Gasteiger partial charge in [-0.25, -0.2) is 8.42 Å². The number of rotatable bonds is 7. The average Bonchev–Trinajstić information content (AvgIpc) is 2.54. The molecule has 0 unspecified atom stereocenters. The van der Waals surface area contributed by atoms with Gasteiger partial charge in [-0.05, 0) is 31.0 Å². The molecule has 0 bridgehead atoms. The molecule has 2 aromatic rings. The highest BCUT2D eigenvalue weighted by Gasteiger charge is 2.17. The average molecular weight is 346 g/mol. The maximum Gasteiger partial charge on any atom is 0.221 e. The number of benzene rings is 1. The van der Waals surface area contributed by atoms with Crippen molar-refractivity contribution in [1.29, 1.82) is 0 Å². The molecule has 1 aromatic carbocycles. The predicted octanol–water partition coefficient (Wildman–Crippen LogP) is 2.22. The third-order valence-corrected chi connectivity index (χ3v) is 4.59. The van der Waals surface area contributed by atoms with Gasteiger partial charge in [-0.15, -0.1) is 0 Å². The van der Waals surface area contributed by atoms with Crippen LogP contribution in [0, 0.1) is 6.92 Å². The maximum atomic E-state index is 12.1. The fraction of sp³-hybridized carbons (Fsp3) is 0.333. The lowest BCUT2D eigenvalue weighted by Crippen LogP contribution is -2.31. The molecule has 1 aromatic heterocycles. The number of carbonyl (C=O) groups is 1. The summed E-state index contributed by atoms with van der Waals surface area (Å²) in [4.78, 5) is 16.4.